The van der Waals surface area contributed by atoms with Crippen LogP contribution in [0, 0.1) is 0 Å². The van der Waals surface area contributed by atoms with Gasteiger partial charge in [-0.15, -0.1) is 0 Å². The van der Waals surface area contributed by atoms with Gasteiger partial charge in [0.15, 0.2) is 0 Å². The van der Waals surface area contributed by atoms with E-state index in [1.165, 1.54) is 19.9 Å². The van der Waals surface area contributed by atoms with Crippen molar-refractivity contribution in [3.05, 3.63) is 35.4 Å². The number of alkyl halides is 3. The Morgan fingerprint density at radius 2 is 1.74 bits per heavy atom. The zero-order valence-corrected chi connectivity index (χ0v) is 12.4. The van der Waals surface area contributed by atoms with Crippen LogP contribution in [-0.4, -0.2) is 41.0 Å². The van der Waals surface area contributed by atoms with Crippen molar-refractivity contribution in [1.29, 1.82) is 0 Å². The van der Waals surface area contributed by atoms with E-state index in [2.05, 4.69) is 10.6 Å². The number of rotatable bonds is 5. The molecular weight excluding hydrogens is 316 g/mol. The first-order chi connectivity index (χ1) is 10.4. The fourth-order valence-electron chi connectivity index (χ4n) is 1.74. The molecule has 0 aliphatic carbocycles. The first-order valence-electron chi connectivity index (χ1n) is 6.58. The summed E-state index contributed by atoms with van der Waals surface area (Å²) in [6.45, 7) is 2.56. The second-order valence-electron chi connectivity index (χ2n) is 5.31. The van der Waals surface area contributed by atoms with Crippen molar-refractivity contribution < 1.29 is 32.8 Å². The molecule has 0 fully saturated rings. The van der Waals surface area contributed by atoms with Crippen molar-refractivity contribution in [3.8, 4) is 0 Å². The van der Waals surface area contributed by atoms with Crippen LogP contribution < -0.4 is 10.6 Å². The molecule has 0 unspecified atom stereocenters. The highest BCUT2D eigenvalue weighted by Gasteiger charge is 2.37. The topological polar surface area (TPSA) is 98.7 Å². The maximum absolute atomic E-state index is 12.9. The van der Waals surface area contributed by atoms with Crippen molar-refractivity contribution >= 4 is 18.9 Å². The number of hydrogen-bond donors (Lipinski definition) is 4. The third-order valence-corrected chi connectivity index (χ3v) is 2.92. The molecule has 23 heavy (non-hydrogen) atoms. The Balaban J connectivity index is 2.93. The van der Waals surface area contributed by atoms with E-state index in [1.807, 2.05) is 0 Å². The Morgan fingerprint density at radius 3 is 2.26 bits per heavy atom. The van der Waals surface area contributed by atoms with Gasteiger partial charge in [-0.3, -0.25) is 9.59 Å². The molecule has 1 aromatic rings. The Hall–Kier alpha value is -2.07. The maximum Gasteiger partial charge on any atom is 0.472 e. The lowest BCUT2D eigenvalue weighted by Gasteiger charge is -2.25. The summed E-state index contributed by atoms with van der Waals surface area (Å²) in [5.41, 5.74) is -3.27. The molecule has 0 aromatic heterocycles. The summed E-state index contributed by atoms with van der Waals surface area (Å²) in [5, 5.41) is 21.7. The monoisotopic (exact) mass is 332 g/mol. The van der Waals surface area contributed by atoms with Gasteiger partial charge in [0.2, 0.25) is 5.91 Å². The number of carbonyl (C=O) groups is 2. The molecule has 1 aromatic carbocycles. The summed E-state index contributed by atoms with van der Waals surface area (Å²) < 4.78 is 38.7. The zero-order valence-electron chi connectivity index (χ0n) is 12.4. The number of carbonyl (C=O) groups excluding carboxylic acids is 2. The van der Waals surface area contributed by atoms with Gasteiger partial charge in [-0.05, 0) is 26.0 Å². The standard InChI is InChI=1S/C13H16BF3N2O4/c1-12(2,11(21)18-7-14(22)23)19-10(20)8-5-3-4-6-9(8)13(15,16)17/h3-6,22-23H,7H2,1-2H3,(H,18,21)(H,19,20). The molecule has 10 heteroatoms. The smallest absolute Gasteiger partial charge is 0.426 e. The second kappa shape index (κ2) is 7.01. The van der Waals surface area contributed by atoms with Gasteiger partial charge in [-0.25, -0.2) is 0 Å². The van der Waals surface area contributed by atoms with Crippen LogP contribution in [0.4, 0.5) is 13.2 Å². The van der Waals surface area contributed by atoms with Crippen molar-refractivity contribution in [3.63, 3.8) is 0 Å². The fourth-order valence-corrected chi connectivity index (χ4v) is 1.74. The van der Waals surface area contributed by atoms with Gasteiger partial charge >= 0.3 is 13.3 Å². The summed E-state index contributed by atoms with van der Waals surface area (Å²) in [7, 11) is -1.78. The molecule has 0 atom stereocenters. The van der Waals surface area contributed by atoms with Gasteiger partial charge in [0.05, 0.1) is 17.6 Å². The Bertz CT molecular complexity index is 591. The molecule has 126 valence electrons. The second-order valence-corrected chi connectivity index (χ2v) is 5.31. The molecule has 0 radical (unpaired) electrons. The van der Waals surface area contributed by atoms with Crippen LogP contribution in [0.15, 0.2) is 24.3 Å². The number of benzene rings is 1. The molecular formula is C13H16BF3N2O4. The first kappa shape index (κ1) is 19.0. The van der Waals surface area contributed by atoms with Crippen molar-refractivity contribution in [1.82, 2.24) is 10.6 Å². The van der Waals surface area contributed by atoms with Gasteiger partial charge < -0.3 is 20.7 Å². The largest absolute Gasteiger partial charge is 0.472 e. The molecule has 1 rings (SSSR count). The zero-order chi connectivity index (χ0) is 17.8. The lowest BCUT2D eigenvalue weighted by molar-refractivity contribution is -0.137. The van der Waals surface area contributed by atoms with E-state index in [4.69, 9.17) is 10.0 Å². The quantitative estimate of drug-likeness (QED) is 0.585. The van der Waals surface area contributed by atoms with Crippen molar-refractivity contribution in [2.45, 2.75) is 25.6 Å². The average molecular weight is 332 g/mol. The molecule has 0 aliphatic heterocycles. The molecule has 0 spiro atoms. The third kappa shape index (κ3) is 5.25. The van der Waals surface area contributed by atoms with Crippen LogP contribution in [0.2, 0.25) is 0 Å². The highest BCUT2D eigenvalue weighted by atomic mass is 19.4. The summed E-state index contributed by atoms with van der Waals surface area (Å²) in [6, 6.07) is 4.20. The van der Waals surface area contributed by atoms with Gasteiger partial charge in [-0.2, -0.15) is 13.2 Å². The Kier molecular flexibility index (Phi) is 5.78. The highest BCUT2D eigenvalue weighted by Crippen LogP contribution is 2.31. The third-order valence-electron chi connectivity index (χ3n) is 2.92. The molecule has 0 saturated carbocycles. The van der Waals surface area contributed by atoms with E-state index in [0.717, 1.165) is 18.2 Å². The predicted octanol–water partition coefficient (Wildman–Crippen LogP) is 0.342. The minimum atomic E-state index is -4.71. The molecule has 0 aliphatic rings. The van der Waals surface area contributed by atoms with Gasteiger partial charge in [-0.1, -0.05) is 12.1 Å². The van der Waals surface area contributed by atoms with Gasteiger partial charge in [0.25, 0.3) is 5.91 Å². The van der Waals surface area contributed by atoms with Crippen LogP contribution in [0.1, 0.15) is 29.8 Å². The lowest BCUT2D eigenvalue weighted by Crippen LogP contribution is -2.56. The minimum absolute atomic E-state index is 0.475. The van der Waals surface area contributed by atoms with E-state index in [1.54, 1.807) is 0 Å². The predicted molar refractivity (Wildman–Crippen MR) is 76.2 cm³/mol. The molecule has 2 amide bonds. The van der Waals surface area contributed by atoms with E-state index in [-0.39, 0.29) is 0 Å². The van der Waals surface area contributed by atoms with Crippen LogP contribution in [-0.2, 0) is 11.0 Å². The summed E-state index contributed by atoms with van der Waals surface area (Å²) in [6.07, 6.45) is -5.18. The van der Waals surface area contributed by atoms with E-state index >= 15 is 0 Å². The summed E-state index contributed by atoms with van der Waals surface area (Å²) in [4.78, 5) is 23.9. The molecule has 0 bridgehead atoms. The number of halogens is 3. The van der Waals surface area contributed by atoms with Crippen LogP contribution in [0.25, 0.3) is 0 Å². The summed E-state index contributed by atoms with van der Waals surface area (Å²) in [5.74, 6) is -1.84. The highest BCUT2D eigenvalue weighted by molar-refractivity contribution is 6.41. The van der Waals surface area contributed by atoms with Crippen molar-refractivity contribution in [2.24, 2.45) is 0 Å². The van der Waals surface area contributed by atoms with Gasteiger partial charge in [0, 0.05) is 0 Å². The molecule has 0 heterocycles. The van der Waals surface area contributed by atoms with E-state index < -0.39 is 48.2 Å². The number of amides is 2. The lowest BCUT2D eigenvalue weighted by atomic mass is 9.91. The molecule has 4 N–H and O–H groups in total. The van der Waals surface area contributed by atoms with Crippen molar-refractivity contribution in [2.75, 3.05) is 6.44 Å². The van der Waals surface area contributed by atoms with E-state index in [0.29, 0.717) is 0 Å². The normalized spacial score (nSPS) is 11.8. The first-order valence-corrected chi connectivity index (χ1v) is 6.58. The van der Waals surface area contributed by atoms with Gasteiger partial charge in [0.1, 0.15) is 5.54 Å². The maximum atomic E-state index is 12.9. The number of nitrogens with one attached hydrogen (secondary N) is 2. The Labute approximate surface area is 130 Å². The average Bonchev–Trinajstić information content (AvgIpc) is 2.43. The van der Waals surface area contributed by atoms with Crippen LogP contribution in [0.3, 0.4) is 0 Å². The van der Waals surface area contributed by atoms with Crippen LogP contribution in [0.5, 0.6) is 0 Å². The fraction of sp³-hybridized carbons (Fsp3) is 0.385. The minimum Gasteiger partial charge on any atom is -0.426 e. The van der Waals surface area contributed by atoms with E-state index in [9.17, 15) is 22.8 Å². The summed E-state index contributed by atoms with van der Waals surface area (Å²) >= 11 is 0. The molecule has 0 saturated heterocycles. The SMILES string of the molecule is CC(C)(NC(=O)c1ccccc1C(F)(F)F)C(=O)NCB(O)O. The molecule has 6 nitrogen and oxygen atoms in total. The Morgan fingerprint density at radius 1 is 1.17 bits per heavy atom. The number of hydrogen-bond acceptors (Lipinski definition) is 4. The van der Waals surface area contributed by atoms with Crippen LogP contribution >= 0.6 is 0 Å².